The highest BCUT2D eigenvalue weighted by atomic mass is 32.2. The molecule has 23 heavy (non-hydrogen) atoms. The Bertz CT molecular complexity index is 660. The monoisotopic (exact) mass is 342 g/mol. The Morgan fingerprint density at radius 2 is 2.09 bits per heavy atom. The maximum absolute atomic E-state index is 12.0. The molecule has 0 fully saturated rings. The van der Waals surface area contributed by atoms with Crippen molar-refractivity contribution in [3.8, 4) is 0 Å². The van der Waals surface area contributed by atoms with E-state index in [-0.39, 0.29) is 18.3 Å². The fourth-order valence-corrected chi connectivity index (χ4v) is 3.34. The van der Waals surface area contributed by atoms with Crippen LogP contribution < -0.4 is 9.62 Å². The van der Waals surface area contributed by atoms with E-state index in [0.717, 1.165) is 17.7 Å². The van der Waals surface area contributed by atoms with Crippen LogP contribution in [0.3, 0.4) is 0 Å². The van der Waals surface area contributed by atoms with Crippen LogP contribution in [0.25, 0.3) is 0 Å². The molecule has 7 nitrogen and oxygen atoms in total. The van der Waals surface area contributed by atoms with Gasteiger partial charge in [-0.05, 0) is 24.1 Å². The second kappa shape index (κ2) is 7.76. The third-order valence-corrected chi connectivity index (χ3v) is 4.81. The van der Waals surface area contributed by atoms with Crippen LogP contribution in [0.4, 0.5) is 11.4 Å². The zero-order chi connectivity index (χ0) is 16.9. The average Bonchev–Trinajstić information content (AvgIpc) is 2.89. The Balaban J connectivity index is 1.97. The molecule has 1 aliphatic rings. The number of anilines is 2. The van der Waals surface area contributed by atoms with E-state index < -0.39 is 10.0 Å². The number of amides is 1. The molecule has 0 atom stereocenters. The molecule has 0 bridgehead atoms. The van der Waals surface area contributed by atoms with Crippen molar-refractivity contribution in [3.05, 3.63) is 23.8 Å². The summed E-state index contributed by atoms with van der Waals surface area (Å²) < 4.78 is 36.6. The first-order chi connectivity index (χ1) is 10.9. The maximum atomic E-state index is 12.0. The Kier molecular flexibility index (Phi) is 5.97. The molecule has 128 valence electrons. The molecule has 0 spiro atoms. The van der Waals surface area contributed by atoms with E-state index in [9.17, 15) is 13.2 Å². The summed E-state index contributed by atoms with van der Waals surface area (Å²) in [5, 5.41) is 0. The first kappa shape index (κ1) is 17.7. The van der Waals surface area contributed by atoms with Gasteiger partial charge in [-0.15, -0.1) is 0 Å². The lowest BCUT2D eigenvalue weighted by Gasteiger charge is -2.16. The molecule has 1 N–H and O–H groups in total. The minimum absolute atomic E-state index is 0.0460. The Labute approximate surface area is 136 Å². The SMILES string of the molecule is COCCOCCS(=O)(=O)Nc1ccc2c(c1)N(C(C)=O)CC2. The first-order valence-electron chi connectivity index (χ1n) is 7.41. The highest BCUT2D eigenvalue weighted by Crippen LogP contribution is 2.31. The molecule has 1 heterocycles. The first-order valence-corrected chi connectivity index (χ1v) is 9.06. The third kappa shape index (κ3) is 4.92. The maximum Gasteiger partial charge on any atom is 0.235 e. The molecule has 8 heteroatoms. The number of sulfonamides is 1. The second-order valence-corrected chi connectivity index (χ2v) is 7.13. The number of ether oxygens (including phenoxy) is 2. The molecular formula is C15H22N2O5S. The summed E-state index contributed by atoms with van der Waals surface area (Å²) in [4.78, 5) is 13.2. The van der Waals surface area contributed by atoms with Gasteiger partial charge in [-0.3, -0.25) is 9.52 Å². The van der Waals surface area contributed by atoms with Gasteiger partial charge in [-0.2, -0.15) is 0 Å². The van der Waals surface area contributed by atoms with Crippen LogP contribution >= 0.6 is 0 Å². The number of fused-ring (bicyclic) bond motifs is 1. The van der Waals surface area contributed by atoms with Gasteiger partial charge in [0.2, 0.25) is 15.9 Å². The zero-order valence-corrected chi connectivity index (χ0v) is 14.2. The van der Waals surface area contributed by atoms with Gasteiger partial charge in [0, 0.05) is 26.3 Å². The molecule has 1 aliphatic heterocycles. The Morgan fingerprint density at radius 3 is 2.78 bits per heavy atom. The van der Waals surface area contributed by atoms with Crippen molar-refractivity contribution in [2.75, 3.05) is 48.9 Å². The fraction of sp³-hybridized carbons (Fsp3) is 0.533. The lowest BCUT2D eigenvalue weighted by Crippen LogP contribution is -2.26. The van der Waals surface area contributed by atoms with Crippen LogP contribution in [0.2, 0.25) is 0 Å². The Hall–Kier alpha value is -1.64. The van der Waals surface area contributed by atoms with Gasteiger partial charge in [0.05, 0.1) is 31.3 Å². The van der Waals surface area contributed by atoms with E-state index in [1.165, 1.54) is 6.92 Å². The molecule has 0 unspecified atom stereocenters. The van der Waals surface area contributed by atoms with E-state index in [4.69, 9.17) is 9.47 Å². The fourth-order valence-electron chi connectivity index (χ4n) is 2.41. The predicted molar refractivity (Wildman–Crippen MR) is 88.3 cm³/mol. The number of nitrogens with one attached hydrogen (secondary N) is 1. The van der Waals surface area contributed by atoms with Gasteiger partial charge in [0.25, 0.3) is 0 Å². The number of hydrogen-bond donors (Lipinski definition) is 1. The molecule has 2 rings (SSSR count). The smallest absolute Gasteiger partial charge is 0.235 e. The summed E-state index contributed by atoms with van der Waals surface area (Å²) in [6.45, 7) is 3.03. The number of carbonyl (C=O) groups excluding carboxylic acids is 1. The van der Waals surface area contributed by atoms with E-state index >= 15 is 0 Å². The van der Waals surface area contributed by atoms with Crippen molar-refractivity contribution < 1.29 is 22.7 Å². The predicted octanol–water partition coefficient (Wildman–Crippen LogP) is 1.00. The molecule has 0 aromatic heterocycles. The van der Waals surface area contributed by atoms with Crippen LogP contribution in [0, 0.1) is 0 Å². The van der Waals surface area contributed by atoms with Gasteiger partial charge in [-0.25, -0.2) is 8.42 Å². The standard InChI is InChI=1S/C15H22N2O5S/c1-12(18)17-6-5-13-3-4-14(11-15(13)17)16-23(19,20)10-9-22-8-7-21-2/h3-4,11,16H,5-10H2,1-2H3. The van der Waals surface area contributed by atoms with Crippen molar-refractivity contribution in [1.29, 1.82) is 0 Å². The van der Waals surface area contributed by atoms with Crippen molar-refractivity contribution in [1.82, 2.24) is 0 Å². The van der Waals surface area contributed by atoms with E-state index in [1.807, 2.05) is 6.07 Å². The molecule has 0 saturated heterocycles. The van der Waals surface area contributed by atoms with E-state index in [1.54, 1.807) is 24.1 Å². The summed E-state index contributed by atoms with van der Waals surface area (Å²) in [6.07, 6.45) is 0.787. The lowest BCUT2D eigenvalue weighted by molar-refractivity contribution is -0.116. The normalized spacial score (nSPS) is 13.9. The number of carbonyl (C=O) groups is 1. The molecule has 0 saturated carbocycles. The highest BCUT2D eigenvalue weighted by Gasteiger charge is 2.23. The Morgan fingerprint density at radius 1 is 1.30 bits per heavy atom. The summed E-state index contributed by atoms with van der Waals surface area (Å²) in [6, 6.07) is 5.27. The number of hydrogen-bond acceptors (Lipinski definition) is 5. The molecule has 0 radical (unpaired) electrons. The summed E-state index contributed by atoms with van der Waals surface area (Å²) in [5.41, 5.74) is 2.27. The quantitative estimate of drug-likeness (QED) is 0.713. The number of benzene rings is 1. The minimum atomic E-state index is -3.50. The van der Waals surface area contributed by atoms with Gasteiger partial charge >= 0.3 is 0 Å². The van der Waals surface area contributed by atoms with Gasteiger partial charge in [-0.1, -0.05) is 6.07 Å². The van der Waals surface area contributed by atoms with Crippen LogP contribution in [-0.2, 0) is 30.7 Å². The van der Waals surface area contributed by atoms with Crippen molar-refractivity contribution in [2.24, 2.45) is 0 Å². The number of rotatable bonds is 8. The van der Waals surface area contributed by atoms with Gasteiger partial charge < -0.3 is 14.4 Å². The summed E-state index contributed by atoms with van der Waals surface area (Å²) >= 11 is 0. The number of methoxy groups -OCH3 is 1. The van der Waals surface area contributed by atoms with Gasteiger partial charge in [0.1, 0.15) is 0 Å². The molecule has 1 aromatic rings. The third-order valence-electron chi connectivity index (χ3n) is 3.56. The molecular weight excluding hydrogens is 320 g/mol. The van der Waals surface area contributed by atoms with Crippen LogP contribution in [0.1, 0.15) is 12.5 Å². The van der Waals surface area contributed by atoms with Gasteiger partial charge in [0.15, 0.2) is 0 Å². The van der Waals surface area contributed by atoms with E-state index in [0.29, 0.717) is 25.4 Å². The van der Waals surface area contributed by atoms with Crippen molar-refractivity contribution in [2.45, 2.75) is 13.3 Å². The molecule has 0 aliphatic carbocycles. The molecule has 1 aromatic carbocycles. The second-order valence-electron chi connectivity index (χ2n) is 5.29. The van der Waals surface area contributed by atoms with Crippen molar-refractivity contribution >= 4 is 27.3 Å². The van der Waals surface area contributed by atoms with E-state index in [2.05, 4.69) is 4.72 Å². The summed E-state index contributed by atoms with van der Waals surface area (Å²) in [7, 11) is -1.94. The highest BCUT2D eigenvalue weighted by molar-refractivity contribution is 7.92. The van der Waals surface area contributed by atoms with Crippen molar-refractivity contribution in [3.63, 3.8) is 0 Å². The largest absolute Gasteiger partial charge is 0.382 e. The minimum Gasteiger partial charge on any atom is -0.382 e. The number of nitrogens with zero attached hydrogens (tertiary/aromatic N) is 1. The zero-order valence-electron chi connectivity index (χ0n) is 13.4. The topological polar surface area (TPSA) is 84.9 Å². The van der Waals surface area contributed by atoms with Crippen LogP contribution in [-0.4, -0.2) is 53.6 Å². The summed E-state index contributed by atoms with van der Waals surface area (Å²) in [5.74, 6) is -0.181. The van der Waals surface area contributed by atoms with Crippen LogP contribution in [0.15, 0.2) is 18.2 Å². The van der Waals surface area contributed by atoms with Crippen LogP contribution in [0.5, 0.6) is 0 Å². The average molecular weight is 342 g/mol. The molecule has 1 amide bonds. The lowest BCUT2D eigenvalue weighted by atomic mass is 10.1.